The Kier molecular flexibility index (Phi) is 7.61. The topological polar surface area (TPSA) is 86.4 Å². The number of hydrogen-bond donors (Lipinski definition) is 0. The summed E-state index contributed by atoms with van der Waals surface area (Å²) in [5, 5.41) is 8.55. The minimum atomic E-state index is -3.23. The Bertz CT molecular complexity index is 1460. The molecular weight excluding hydrogens is 496 g/mol. The van der Waals surface area contributed by atoms with Crippen molar-refractivity contribution in [1.82, 2.24) is 15.0 Å². The molecule has 38 heavy (non-hydrogen) atoms. The molecule has 0 radical (unpaired) electrons. The largest absolute Gasteiger partial charge is 0.459 e. The second-order valence-corrected chi connectivity index (χ2v) is 12.7. The van der Waals surface area contributed by atoms with Gasteiger partial charge in [0.15, 0.2) is 0 Å². The van der Waals surface area contributed by atoms with Crippen LogP contribution in [0.2, 0.25) is 0 Å². The summed E-state index contributed by atoms with van der Waals surface area (Å²) in [4.78, 5) is 15.1. The van der Waals surface area contributed by atoms with Gasteiger partial charge < -0.3 is 4.74 Å². The van der Waals surface area contributed by atoms with Crippen LogP contribution in [0.25, 0.3) is 11.0 Å². The van der Waals surface area contributed by atoms with Gasteiger partial charge in [0.05, 0.1) is 15.3 Å². The molecule has 1 fully saturated rings. The van der Waals surface area contributed by atoms with E-state index in [0.717, 1.165) is 19.3 Å². The van der Waals surface area contributed by atoms with E-state index in [9.17, 15) is 9.00 Å². The van der Waals surface area contributed by atoms with Crippen LogP contribution in [-0.4, -0.2) is 31.3 Å². The summed E-state index contributed by atoms with van der Waals surface area (Å²) in [5.41, 5.74) is 1.25. The van der Waals surface area contributed by atoms with Crippen molar-refractivity contribution in [2.45, 2.75) is 62.1 Å². The van der Waals surface area contributed by atoms with Gasteiger partial charge in [-0.1, -0.05) is 80.9 Å². The van der Waals surface area contributed by atoms with Gasteiger partial charge >= 0.3 is 5.97 Å². The van der Waals surface area contributed by atoms with Crippen LogP contribution in [0.15, 0.2) is 99.1 Å². The highest BCUT2D eigenvalue weighted by Crippen LogP contribution is 2.37. The van der Waals surface area contributed by atoms with Crippen molar-refractivity contribution in [2.24, 2.45) is 22.1 Å². The van der Waals surface area contributed by atoms with Crippen LogP contribution in [0.4, 0.5) is 0 Å². The zero-order chi connectivity index (χ0) is 26.7. The molecule has 5 rings (SSSR count). The minimum Gasteiger partial charge on any atom is -0.459 e. The number of carbonyl (C=O) groups is 1. The number of nitrogens with zero attached hydrogens (tertiary/aromatic N) is 4. The maximum absolute atomic E-state index is 14.8. The third-order valence-electron chi connectivity index (χ3n) is 7.42. The summed E-state index contributed by atoms with van der Waals surface area (Å²) in [5.74, 6) is 0.532. The van der Waals surface area contributed by atoms with Gasteiger partial charge in [-0.3, -0.25) is 0 Å². The van der Waals surface area contributed by atoms with Crippen molar-refractivity contribution in [3.8, 4) is 0 Å². The van der Waals surface area contributed by atoms with Crippen molar-refractivity contribution in [1.29, 1.82) is 0 Å². The summed E-state index contributed by atoms with van der Waals surface area (Å²) in [6.45, 7) is 6.54. The van der Waals surface area contributed by atoms with Gasteiger partial charge in [-0.2, -0.15) is 4.36 Å². The summed E-state index contributed by atoms with van der Waals surface area (Å²) in [7, 11) is -3.23. The first-order chi connectivity index (χ1) is 18.4. The predicted molar refractivity (Wildman–Crippen MR) is 148 cm³/mol. The molecular formula is C30H34N4O3S. The SMILES string of the molecule is CC1CCC(C(C)C)C(OC(=O)C(N=S(=O)(c2ccccc2)c2ccccc2)n2nnc3ccccc32)C1. The molecule has 4 aromatic rings. The van der Waals surface area contributed by atoms with Crippen molar-refractivity contribution in [2.75, 3.05) is 0 Å². The summed E-state index contributed by atoms with van der Waals surface area (Å²) >= 11 is 0. The number of aromatic nitrogens is 3. The fraction of sp³-hybridized carbons (Fsp3) is 0.367. The molecule has 0 spiro atoms. The van der Waals surface area contributed by atoms with E-state index < -0.39 is 21.9 Å². The Balaban J connectivity index is 1.66. The van der Waals surface area contributed by atoms with E-state index in [-0.39, 0.29) is 12.0 Å². The molecule has 1 aromatic heterocycles. The van der Waals surface area contributed by atoms with E-state index >= 15 is 0 Å². The molecule has 7 nitrogen and oxygen atoms in total. The molecule has 0 aliphatic heterocycles. The average Bonchev–Trinajstić information content (AvgIpc) is 3.36. The number of fused-ring (bicyclic) bond motifs is 1. The van der Waals surface area contributed by atoms with Crippen LogP contribution in [0, 0.1) is 17.8 Å². The standard InChI is InChI=1S/C30H34N4O3S/c1-21(2)25-19-18-22(3)20-28(25)37-30(35)29(34-27-17-11-10-16-26(27)31-33-34)32-38(36,23-12-6-4-7-13-23)24-14-8-5-9-15-24/h4-17,21-22,25,28-29H,18-20H2,1-3H3. The highest BCUT2D eigenvalue weighted by atomic mass is 32.2. The van der Waals surface area contributed by atoms with Crippen LogP contribution >= 0.6 is 0 Å². The average molecular weight is 531 g/mol. The molecule has 0 bridgehead atoms. The second kappa shape index (κ2) is 11.1. The number of esters is 1. The van der Waals surface area contributed by atoms with Gasteiger partial charge in [-0.05, 0) is 67.0 Å². The Morgan fingerprint density at radius 2 is 1.55 bits per heavy atom. The minimum absolute atomic E-state index is 0.233. The molecule has 4 atom stereocenters. The third-order valence-corrected chi connectivity index (χ3v) is 9.74. The van der Waals surface area contributed by atoms with Crippen LogP contribution in [0.3, 0.4) is 0 Å². The first-order valence-corrected chi connectivity index (χ1v) is 14.7. The quantitative estimate of drug-likeness (QED) is 0.254. The lowest BCUT2D eigenvalue weighted by Gasteiger charge is -2.37. The van der Waals surface area contributed by atoms with Crippen molar-refractivity contribution in [3.05, 3.63) is 84.9 Å². The second-order valence-electron chi connectivity index (χ2n) is 10.5. The fourth-order valence-corrected chi connectivity index (χ4v) is 7.35. The molecule has 0 saturated heterocycles. The van der Waals surface area contributed by atoms with Gasteiger partial charge in [0, 0.05) is 0 Å². The highest BCUT2D eigenvalue weighted by Gasteiger charge is 2.37. The maximum Gasteiger partial charge on any atom is 0.354 e. The fourth-order valence-electron chi connectivity index (χ4n) is 5.32. The first kappa shape index (κ1) is 26.1. The smallest absolute Gasteiger partial charge is 0.354 e. The van der Waals surface area contributed by atoms with Crippen LogP contribution in [-0.2, 0) is 19.3 Å². The molecule has 1 aliphatic rings. The number of para-hydroxylation sites is 1. The van der Waals surface area contributed by atoms with Crippen LogP contribution < -0.4 is 0 Å². The first-order valence-electron chi connectivity index (χ1n) is 13.2. The van der Waals surface area contributed by atoms with Crippen molar-refractivity contribution >= 4 is 26.7 Å². The number of hydrogen-bond acceptors (Lipinski definition) is 6. The molecule has 4 unspecified atom stereocenters. The molecule has 0 amide bonds. The Morgan fingerprint density at radius 3 is 2.18 bits per heavy atom. The van der Waals surface area contributed by atoms with Crippen LogP contribution in [0.5, 0.6) is 0 Å². The van der Waals surface area contributed by atoms with Crippen molar-refractivity contribution in [3.63, 3.8) is 0 Å². The Hall–Kier alpha value is -3.52. The lowest BCUT2D eigenvalue weighted by atomic mass is 9.75. The summed E-state index contributed by atoms with van der Waals surface area (Å²) in [6, 6.07) is 25.5. The summed E-state index contributed by atoms with van der Waals surface area (Å²) < 4.78 is 27.3. The molecule has 1 saturated carbocycles. The van der Waals surface area contributed by atoms with E-state index in [1.54, 1.807) is 24.3 Å². The van der Waals surface area contributed by atoms with Gasteiger partial charge in [-0.15, -0.1) is 5.10 Å². The number of carbonyl (C=O) groups excluding carboxylic acids is 1. The molecule has 1 aliphatic carbocycles. The monoisotopic (exact) mass is 530 g/mol. The molecule has 198 valence electrons. The van der Waals surface area contributed by atoms with E-state index in [0.29, 0.717) is 32.7 Å². The van der Waals surface area contributed by atoms with E-state index in [2.05, 4.69) is 31.1 Å². The van der Waals surface area contributed by atoms with Gasteiger partial charge in [0.25, 0.3) is 0 Å². The number of rotatable bonds is 7. The zero-order valence-corrected chi connectivity index (χ0v) is 22.8. The number of ether oxygens (including phenoxy) is 1. The Labute approximate surface area is 224 Å². The predicted octanol–water partition coefficient (Wildman–Crippen LogP) is 6.52. The summed E-state index contributed by atoms with van der Waals surface area (Å²) in [6.07, 6.45) is 1.42. The van der Waals surface area contributed by atoms with Gasteiger partial charge in [0.2, 0.25) is 6.17 Å². The number of benzene rings is 3. The van der Waals surface area contributed by atoms with Crippen molar-refractivity contribution < 1.29 is 13.7 Å². The molecule has 1 heterocycles. The van der Waals surface area contributed by atoms with Gasteiger partial charge in [0.1, 0.15) is 21.3 Å². The van der Waals surface area contributed by atoms with Gasteiger partial charge in [-0.25, -0.2) is 13.7 Å². The third kappa shape index (κ3) is 5.23. The van der Waals surface area contributed by atoms with E-state index in [4.69, 9.17) is 9.10 Å². The molecule has 8 heteroatoms. The van der Waals surface area contributed by atoms with Crippen LogP contribution in [0.1, 0.15) is 46.2 Å². The van der Waals surface area contributed by atoms with E-state index in [1.807, 2.05) is 60.7 Å². The molecule has 0 N–H and O–H groups in total. The lowest BCUT2D eigenvalue weighted by molar-refractivity contribution is -0.160. The maximum atomic E-state index is 14.8. The zero-order valence-electron chi connectivity index (χ0n) is 22.0. The normalized spacial score (nSPS) is 20.8. The molecule has 3 aromatic carbocycles. The highest BCUT2D eigenvalue weighted by molar-refractivity contribution is 7.93. The van der Waals surface area contributed by atoms with E-state index in [1.165, 1.54) is 4.68 Å². The lowest BCUT2D eigenvalue weighted by Crippen LogP contribution is -2.37. The Morgan fingerprint density at radius 1 is 0.947 bits per heavy atom.